The van der Waals surface area contributed by atoms with Gasteiger partial charge < -0.3 is 9.47 Å². The summed E-state index contributed by atoms with van der Waals surface area (Å²) in [5.41, 5.74) is 0.0278. The lowest BCUT2D eigenvalue weighted by Crippen LogP contribution is -2.34. The summed E-state index contributed by atoms with van der Waals surface area (Å²) in [4.78, 5) is 21.6. The minimum atomic E-state index is -0.118. The van der Waals surface area contributed by atoms with E-state index in [1.165, 1.54) is 32.8 Å². The Hall–Kier alpha value is -1.06. The van der Waals surface area contributed by atoms with Gasteiger partial charge in [-0.05, 0) is 50.4 Å². The smallest absolute Gasteiger partial charge is 0.308 e. The van der Waals surface area contributed by atoms with E-state index in [1.54, 1.807) is 0 Å². The maximum atomic E-state index is 11.1. The number of fused-ring (bicyclic) bond motifs is 3. The number of ether oxygens (including phenoxy) is 2. The van der Waals surface area contributed by atoms with Crippen molar-refractivity contribution in [2.75, 3.05) is 7.11 Å². The van der Waals surface area contributed by atoms with Crippen molar-refractivity contribution in [3.05, 3.63) is 0 Å². The van der Waals surface area contributed by atoms with E-state index in [0.29, 0.717) is 12.3 Å². The minimum absolute atomic E-state index is 0.0278. The van der Waals surface area contributed by atoms with Crippen molar-refractivity contribution in [3.8, 4) is 0 Å². The van der Waals surface area contributed by atoms with Gasteiger partial charge in [-0.1, -0.05) is 13.8 Å². The van der Waals surface area contributed by atoms with Crippen LogP contribution in [0.25, 0.3) is 0 Å². The van der Waals surface area contributed by atoms with E-state index in [0.717, 1.165) is 18.8 Å². The van der Waals surface area contributed by atoms with Crippen molar-refractivity contribution in [1.82, 2.24) is 0 Å². The van der Waals surface area contributed by atoms with Gasteiger partial charge in [0.2, 0.25) is 0 Å². The summed E-state index contributed by atoms with van der Waals surface area (Å²) in [7, 11) is 1.41. The molecule has 0 aromatic rings. The number of rotatable bonds is 2. The molecule has 3 rings (SSSR count). The van der Waals surface area contributed by atoms with Crippen LogP contribution in [0, 0.1) is 17.8 Å². The fourth-order valence-electron chi connectivity index (χ4n) is 3.83. The molecule has 4 atom stereocenters. The summed E-state index contributed by atoms with van der Waals surface area (Å²) in [6.07, 6.45) is 7.71. The van der Waals surface area contributed by atoms with Crippen molar-refractivity contribution >= 4 is 11.9 Å². The van der Waals surface area contributed by atoms with E-state index in [-0.39, 0.29) is 23.5 Å². The Morgan fingerprint density at radius 3 is 2.60 bits per heavy atom. The fraction of sp³-hybridized carbons (Fsp3) is 0.875. The molecule has 0 amide bonds. The molecule has 1 heterocycles. The number of carbonyl (C=O) groups excluding carboxylic acids is 2. The van der Waals surface area contributed by atoms with Crippen molar-refractivity contribution in [1.29, 1.82) is 0 Å². The van der Waals surface area contributed by atoms with E-state index in [4.69, 9.17) is 4.74 Å². The molecule has 114 valence electrons. The van der Waals surface area contributed by atoms with Crippen LogP contribution in [0.2, 0.25) is 0 Å². The second kappa shape index (κ2) is 6.15. The zero-order valence-electron chi connectivity index (χ0n) is 12.8. The van der Waals surface area contributed by atoms with Crippen LogP contribution in [-0.2, 0) is 19.1 Å². The lowest BCUT2D eigenvalue weighted by molar-refractivity contribution is -0.152. The normalized spacial score (nSPS) is 35.5. The topological polar surface area (TPSA) is 52.6 Å². The highest BCUT2D eigenvalue weighted by atomic mass is 16.6. The van der Waals surface area contributed by atoms with Crippen LogP contribution in [0.5, 0.6) is 0 Å². The Morgan fingerprint density at radius 2 is 2.25 bits per heavy atom. The molecule has 2 bridgehead atoms. The molecular formula is C16H26O4. The molecule has 4 heteroatoms. The van der Waals surface area contributed by atoms with Crippen molar-refractivity contribution in [2.45, 2.75) is 64.4 Å². The van der Waals surface area contributed by atoms with Gasteiger partial charge in [0, 0.05) is 6.42 Å². The molecule has 0 radical (unpaired) electrons. The first-order valence-corrected chi connectivity index (χ1v) is 7.80. The average Bonchev–Trinajstić information content (AvgIpc) is 3.14. The lowest BCUT2D eigenvalue weighted by atomic mass is 9.82. The van der Waals surface area contributed by atoms with E-state index in [9.17, 15) is 9.59 Å². The molecule has 20 heavy (non-hydrogen) atoms. The highest BCUT2D eigenvalue weighted by Crippen LogP contribution is 2.56. The molecule has 3 aliphatic rings. The molecular weight excluding hydrogens is 256 g/mol. The zero-order chi connectivity index (χ0) is 14.8. The third-order valence-corrected chi connectivity index (χ3v) is 5.20. The maximum absolute atomic E-state index is 11.1. The Kier molecular flexibility index (Phi) is 4.71. The molecule has 2 aliphatic carbocycles. The number of hydrogen-bond acceptors (Lipinski definition) is 4. The van der Waals surface area contributed by atoms with Crippen LogP contribution in [0.4, 0.5) is 0 Å². The monoisotopic (exact) mass is 282 g/mol. The third kappa shape index (κ3) is 2.99. The van der Waals surface area contributed by atoms with Gasteiger partial charge >= 0.3 is 11.9 Å². The van der Waals surface area contributed by atoms with Gasteiger partial charge in [0.05, 0.1) is 13.0 Å². The summed E-state index contributed by atoms with van der Waals surface area (Å²) in [5.74, 6) is 1.57. The summed E-state index contributed by atoms with van der Waals surface area (Å²) in [6.45, 7) is 3.81. The van der Waals surface area contributed by atoms with Gasteiger partial charge in [-0.25, -0.2) is 0 Å². The first kappa shape index (κ1) is 15.3. The number of hydrogen-bond donors (Lipinski definition) is 0. The molecule has 3 fully saturated rings. The Morgan fingerprint density at radius 1 is 1.50 bits per heavy atom. The molecule has 0 aromatic heterocycles. The molecule has 4 nitrogen and oxygen atoms in total. The van der Waals surface area contributed by atoms with Crippen LogP contribution in [0.1, 0.15) is 58.8 Å². The Labute approximate surface area is 121 Å². The number of esters is 2. The number of carbonyl (C=O) groups is 2. The number of methoxy groups -OCH3 is 1. The summed E-state index contributed by atoms with van der Waals surface area (Å²) >= 11 is 0. The van der Waals surface area contributed by atoms with Crippen LogP contribution in [-0.4, -0.2) is 24.6 Å². The van der Waals surface area contributed by atoms with E-state index in [2.05, 4.69) is 4.74 Å². The summed E-state index contributed by atoms with van der Waals surface area (Å²) in [5, 5.41) is 0. The Balaban J connectivity index is 0.000000163. The van der Waals surface area contributed by atoms with Gasteiger partial charge in [0.25, 0.3) is 0 Å². The van der Waals surface area contributed by atoms with Crippen LogP contribution in [0.15, 0.2) is 0 Å². The van der Waals surface area contributed by atoms with Gasteiger partial charge in [-0.3, -0.25) is 9.59 Å². The second-order valence-corrected chi connectivity index (χ2v) is 6.45. The maximum Gasteiger partial charge on any atom is 0.308 e. The van der Waals surface area contributed by atoms with Crippen LogP contribution in [0.3, 0.4) is 0 Å². The first-order chi connectivity index (χ1) is 9.50. The molecule has 1 aliphatic heterocycles. The minimum Gasteiger partial charge on any atom is -0.469 e. The molecule has 1 spiro atoms. The summed E-state index contributed by atoms with van der Waals surface area (Å²) in [6, 6.07) is 0. The van der Waals surface area contributed by atoms with Crippen LogP contribution >= 0.6 is 0 Å². The standard InChI is InChI=1S/C10H14O2.C6H12O2/c11-9-3-4-10(12-9)6-7-1-2-8(10)5-7;1-4-5(2)6(7)8-3/h7-8H,1-6H2;5H,4H2,1-3H3. The molecule has 1 saturated heterocycles. The highest BCUT2D eigenvalue weighted by Gasteiger charge is 2.55. The molecule has 0 aromatic carbocycles. The predicted molar refractivity (Wildman–Crippen MR) is 75.0 cm³/mol. The van der Waals surface area contributed by atoms with Gasteiger partial charge in [-0.2, -0.15) is 0 Å². The second-order valence-electron chi connectivity index (χ2n) is 6.45. The van der Waals surface area contributed by atoms with Gasteiger partial charge in [-0.15, -0.1) is 0 Å². The lowest BCUT2D eigenvalue weighted by Gasteiger charge is -2.31. The largest absolute Gasteiger partial charge is 0.469 e. The SMILES string of the molecule is CCC(C)C(=O)OC.O=C1CCC2(CC3CCC2C3)O1. The van der Waals surface area contributed by atoms with Crippen LogP contribution < -0.4 is 0 Å². The first-order valence-electron chi connectivity index (χ1n) is 7.80. The van der Waals surface area contributed by atoms with Crippen molar-refractivity contribution < 1.29 is 19.1 Å². The third-order valence-electron chi connectivity index (χ3n) is 5.20. The molecule has 2 saturated carbocycles. The summed E-state index contributed by atoms with van der Waals surface area (Å²) < 4.78 is 9.97. The molecule has 4 unspecified atom stereocenters. The van der Waals surface area contributed by atoms with Gasteiger partial charge in [0.1, 0.15) is 5.60 Å². The quantitative estimate of drug-likeness (QED) is 0.730. The fourth-order valence-corrected chi connectivity index (χ4v) is 3.83. The molecule has 0 N–H and O–H groups in total. The zero-order valence-corrected chi connectivity index (χ0v) is 12.8. The van der Waals surface area contributed by atoms with E-state index in [1.807, 2.05) is 13.8 Å². The van der Waals surface area contributed by atoms with E-state index >= 15 is 0 Å². The van der Waals surface area contributed by atoms with Crippen molar-refractivity contribution in [2.24, 2.45) is 17.8 Å². The average molecular weight is 282 g/mol. The van der Waals surface area contributed by atoms with Gasteiger partial charge in [0.15, 0.2) is 0 Å². The van der Waals surface area contributed by atoms with Crippen molar-refractivity contribution in [3.63, 3.8) is 0 Å². The predicted octanol–water partition coefficient (Wildman–Crippen LogP) is 3.09. The Bertz CT molecular complexity index is 379. The van der Waals surface area contributed by atoms with E-state index < -0.39 is 0 Å². The highest BCUT2D eigenvalue weighted by molar-refractivity contribution is 5.72.